The van der Waals surface area contributed by atoms with Gasteiger partial charge in [0.15, 0.2) is 0 Å². The van der Waals surface area contributed by atoms with E-state index in [1.807, 2.05) is 30.3 Å². The van der Waals surface area contributed by atoms with Crippen LogP contribution in [0.1, 0.15) is 0 Å². The number of benzene rings is 1. The van der Waals surface area contributed by atoms with Crippen molar-refractivity contribution in [2.75, 3.05) is 0 Å². The Morgan fingerprint density at radius 1 is 1.12 bits per heavy atom. The molecule has 0 saturated heterocycles. The van der Waals surface area contributed by atoms with Gasteiger partial charge < -0.3 is 5.11 Å². The summed E-state index contributed by atoms with van der Waals surface area (Å²) in [6.45, 7) is 0. The van der Waals surface area contributed by atoms with E-state index in [0.717, 1.165) is 5.56 Å². The standard InChI is InChI=1S/C10H7N5O/c16-9-6-8(7-4-2-1-3-5-7)11-10-12-13-14-15(9)10/h1-6,16H. The molecule has 16 heavy (non-hydrogen) atoms. The first-order chi connectivity index (χ1) is 7.84. The minimum atomic E-state index is -0.0335. The molecule has 2 heterocycles. The van der Waals surface area contributed by atoms with Gasteiger partial charge in [-0.2, -0.15) is 0 Å². The van der Waals surface area contributed by atoms with Crippen molar-refractivity contribution >= 4 is 5.78 Å². The van der Waals surface area contributed by atoms with Crippen LogP contribution < -0.4 is 0 Å². The van der Waals surface area contributed by atoms with E-state index in [0.29, 0.717) is 5.69 Å². The van der Waals surface area contributed by atoms with Crippen LogP contribution in [-0.2, 0) is 0 Å². The highest BCUT2D eigenvalue weighted by Crippen LogP contribution is 2.20. The third-order valence-corrected chi connectivity index (χ3v) is 2.23. The van der Waals surface area contributed by atoms with Gasteiger partial charge in [0.25, 0.3) is 5.78 Å². The van der Waals surface area contributed by atoms with Crippen molar-refractivity contribution in [1.29, 1.82) is 0 Å². The summed E-state index contributed by atoms with van der Waals surface area (Å²) >= 11 is 0. The molecule has 0 saturated carbocycles. The number of nitrogens with zero attached hydrogens (tertiary/aromatic N) is 5. The van der Waals surface area contributed by atoms with Crippen LogP contribution in [-0.4, -0.2) is 30.1 Å². The van der Waals surface area contributed by atoms with Crippen LogP contribution in [0.2, 0.25) is 0 Å². The second kappa shape index (κ2) is 3.27. The molecule has 1 aromatic carbocycles. The number of aromatic hydroxyl groups is 1. The van der Waals surface area contributed by atoms with Crippen LogP contribution in [0.5, 0.6) is 5.88 Å². The molecule has 0 aliphatic heterocycles. The molecule has 0 atom stereocenters. The van der Waals surface area contributed by atoms with Crippen LogP contribution in [0.25, 0.3) is 17.0 Å². The van der Waals surface area contributed by atoms with Crippen LogP contribution in [0, 0.1) is 0 Å². The van der Waals surface area contributed by atoms with E-state index in [9.17, 15) is 5.11 Å². The van der Waals surface area contributed by atoms with Crippen molar-refractivity contribution in [3.8, 4) is 17.1 Å². The zero-order chi connectivity index (χ0) is 11.0. The van der Waals surface area contributed by atoms with Gasteiger partial charge in [0, 0.05) is 11.6 Å². The molecule has 0 amide bonds. The lowest BCUT2D eigenvalue weighted by Crippen LogP contribution is -1.94. The second-order valence-corrected chi connectivity index (χ2v) is 3.26. The SMILES string of the molecule is Oc1cc(-c2ccccc2)nc2nnnn12. The number of hydrogen-bond acceptors (Lipinski definition) is 5. The smallest absolute Gasteiger partial charge is 0.277 e. The molecule has 6 heteroatoms. The molecule has 2 aromatic heterocycles. The summed E-state index contributed by atoms with van der Waals surface area (Å²) in [5.74, 6) is 0.243. The summed E-state index contributed by atoms with van der Waals surface area (Å²) < 4.78 is 1.17. The van der Waals surface area contributed by atoms with Crippen LogP contribution in [0.4, 0.5) is 0 Å². The van der Waals surface area contributed by atoms with Gasteiger partial charge in [0.05, 0.1) is 5.69 Å². The highest BCUT2D eigenvalue weighted by Gasteiger charge is 2.08. The van der Waals surface area contributed by atoms with Crippen molar-refractivity contribution in [1.82, 2.24) is 25.0 Å². The summed E-state index contributed by atoms with van der Waals surface area (Å²) in [4.78, 5) is 4.23. The van der Waals surface area contributed by atoms with Gasteiger partial charge in [-0.3, -0.25) is 0 Å². The number of fused-ring (bicyclic) bond motifs is 1. The predicted octanol–water partition coefficient (Wildman–Crippen LogP) is 0.892. The van der Waals surface area contributed by atoms with E-state index in [1.54, 1.807) is 0 Å². The lowest BCUT2D eigenvalue weighted by Gasteiger charge is -2.01. The van der Waals surface area contributed by atoms with E-state index in [4.69, 9.17) is 0 Å². The van der Waals surface area contributed by atoms with Crippen molar-refractivity contribution < 1.29 is 5.11 Å². The van der Waals surface area contributed by atoms with Crippen molar-refractivity contribution in [3.63, 3.8) is 0 Å². The van der Waals surface area contributed by atoms with Gasteiger partial charge in [-0.15, -0.1) is 4.52 Å². The molecular formula is C10H7N5O. The Morgan fingerprint density at radius 3 is 2.75 bits per heavy atom. The lowest BCUT2D eigenvalue weighted by molar-refractivity contribution is 0.433. The Hall–Kier alpha value is -2.50. The normalized spacial score (nSPS) is 10.8. The molecule has 0 spiro atoms. The van der Waals surface area contributed by atoms with Crippen molar-refractivity contribution in [3.05, 3.63) is 36.4 Å². The predicted molar refractivity (Wildman–Crippen MR) is 55.7 cm³/mol. The maximum Gasteiger partial charge on any atom is 0.277 e. The maximum absolute atomic E-state index is 9.68. The fourth-order valence-corrected chi connectivity index (χ4v) is 1.48. The fraction of sp³-hybridized carbons (Fsp3) is 0. The van der Waals surface area contributed by atoms with Gasteiger partial charge in [-0.25, -0.2) is 4.98 Å². The van der Waals surface area contributed by atoms with E-state index in [1.165, 1.54) is 10.6 Å². The Bertz CT molecular complexity index is 634. The zero-order valence-electron chi connectivity index (χ0n) is 8.15. The minimum absolute atomic E-state index is 0.0335. The van der Waals surface area contributed by atoms with Crippen LogP contribution >= 0.6 is 0 Å². The summed E-state index contributed by atoms with van der Waals surface area (Å²) in [6.07, 6.45) is 0. The third-order valence-electron chi connectivity index (χ3n) is 2.23. The Balaban J connectivity index is 2.25. The number of hydrogen-bond donors (Lipinski definition) is 1. The molecule has 0 aliphatic carbocycles. The molecule has 0 radical (unpaired) electrons. The van der Waals surface area contributed by atoms with Crippen molar-refractivity contribution in [2.24, 2.45) is 0 Å². The van der Waals surface area contributed by atoms with Gasteiger partial charge in [-0.1, -0.05) is 35.4 Å². The van der Waals surface area contributed by atoms with Gasteiger partial charge in [0.2, 0.25) is 5.88 Å². The monoisotopic (exact) mass is 213 g/mol. The first-order valence-corrected chi connectivity index (χ1v) is 4.68. The van der Waals surface area contributed by atoms with Crippen LogP contribution in [0.15, 0.2) is 36.4 Å². The Labute approximate surface area is 90.2 Å². The molecule has 78 valence electrons. The average molecular weight is 213 g/mol. The molecule has 0 bridgehead atoms. The highest BCUT2D eigenvalue weighted by molar-refractivity contribution is 5.61. The number of aromatic nitrogens is 5. The quantitative estimate of drug-likeness (QED) is 0.649. The highest BCUT2D eigenvalue weighted by atomic mass is 16.3. The molecule has 1 N–H and O–H groups in total. The maximum atomic E-state index is 9.68. The Kier molecular flexibility index (Phi) is 1.79. The molecular weight excluding hydrogens is 206 g/mol. The molecule has 0 fully saturated rings. The summed E-state index contributed by atoms with van der Waals surface area (Å²) in [6, 6.07) is 11.1. The van der Waals surface area contributed by atoms with Gasteiger partial charge >= 0.3 is 0 Å². The van der Waals surface area contributed by atoms with Crippen molar-refractivity contribution in [2.45, 2.75) is 0 Å². The van der Waals surface area contributed by atoms with E-state index < -0.39 is 0 Å². The molecule has 3 aromatic rings. The molecule has 3 rings (SSSR count). The van der Waals surface area contributed by atoms with E-state index in [-0.39, 0.29) is 11.7 Å². The summed E-state index contributed by atoms with van der Waals surface area (Å²) in [5, 5.41) is 20.4. The van der Waals surface area contributed by atoms with Gasteiger partial charge in [0.1, 0.15) is 0 Å². The topological polar surface area (TPSA) is 76.2 Å². The van der Waals surface area contributed by atoms with Crippen LogP contribution in [0.3, 0.4) is 0 Å². The third kappa shape index (κ3) is 1.28. The summed E-state index contributed by atoms with van der Waals surface area (Å²) in [5.41, 5.74) is 1.55. The molecule has 0 unspecified atom stereocenters. The number of rotatable bonds is 1. The number of tetrazole rings is 1. The largest absolute Gasteiger partial charge is 0.493 e. The second-order valence-electron chi connectivity index (χ2n) is 3.26. The van der Waals surface area contributed by atoms with E-state index >= 15 is 0 Å². The zero-order valence-corrected chi connectivity index (χ0v) is 8.15. The molecule has 0 aliphatic rings. The summed E-state index contributed by atoms with van der Waals surface area (Å²) in [7, 11) is 0. The molecule has 6 nitrogen and oxygen atoms in total. The fourth-order valence-electron chi connectivity index (χ4n) is 1.48. The van der Waals surface area contributed by atoms with Gasteiger partial charge in [-0.05, 0) is 10.4 Å². The first-order valence-electron chi connectivity index (χ1n) is 4.68. The lowest BCUT2D eigenvalue weighted by atomic mass is 10.1. The first kappa shape index (κ1) is 8.78. The Morgan fingerprint density at radius 2 is 1.94 bits per heavy atom. The average Bonchev–Trinajstić information content (AvgIpc) is 2.79. The minimum Gasteiger partial charge on any atom is -0.493 e. The van der Waals surface area contributed by atoms with E-state index in [2.05, 4.69) is 20.5 Å².